The Morgan fingerprint density at radius 3 is 2.90 bits per heavy atom. The van der Waals surface area contributed by atoms with E-state index in [1.807, 2.05) is 42.6 Å². The third kappa shape index (κ3) is 3.67. The summed E-state index contributed by atoms with van der Waals surface area (Å²) in [6, 6.07) is 13.9. The Bertz CT molecular complexity index is 1050. The van der Waals surface area contributed by atoms with Gasteiger partial charge in [0.15, 0.2) is 0 Å². The van der Waals surface area contributed by atoms with Crippen molar-refractivity contribution in [3.05, 3.63) is 59.9 Å². The maximum Gasteiger partial charge on any atom is 0.306 e. The van der Waals surface area contributed by atoms with Crippen LogP contribution in [0.25, 0.3) is 17.2 Å². The van der Waals surface area contributed by atoms with E-state index < -0.39 is 0 Å². The molecule has 5 atom stereocenters. The molecule has 1 aromatic heterocycles. The second kappa shape index (κ2) is 7.96. The molecule has 2 saturated carbocycles. The highest BCUT2D eigenvalue weighted by Gasteiger charge is 2.54. The fourth-order valence-electron chi connectivity index (χ4n) is 6.28. The van der Waals surface area contributed by atoms with Gasteiger partial charge in [-0.05, 0) is 54.7 Å². The molecule has 0 amide bonds. The molecule has 2 aromatic rings. The van der Waals surface area contributed by atoms with E-state index in [0.29, 0.717) is 29.7 Å². The van der Waals surface area contributed by atoms with Gasteiger partial charge in [-0.1, -0.05) is 50.1 Å². The number of hydrogen-bond donors (Lipinski definition) is 0. The minimum absolute atomic E-state index is 0.0331. The van der Waals surface area contributed by atoms with Crippen molar-refractivity contribution in [2.24, 2.45) is 23.2 Å². The zero-order chi connectivity index (χ0) is 21.4. The van der Waals surface area contributed by atoms with Crippen molar-refractivity contribution in [3.63, 3.8) is 0 Å². The summed E-state index contributed by atoms with van der Waals surface area (Å²) in [4.78, 5) is 16.7. The van der Waals surface area contributed by atoms with Gasteiger partial charge in [-0.2, -0.15) is 5.26 Å². The van der Waals surface area contributed by atoms with Crippen molar-refractivity contribution in [1.82, 2.24) is 4.98 Å². The van der Waals surface area contributed by atoms with Crippen LogP contribution in [0.2, 0.25) is 0 Å². The number of allylic oxidation sites excluding steroid dienone is 1. The summed E-state index contributed by atoms with van der Waals surface area (Å²) in [5.74, 6) is 1.22. The zero-order valence-corrected chi connectivity index (χ0v) is 18.0. The van der Waals surface area contributed by atoms with Crippen LogP contribution in [0.4, 0.5) is 0 Å². The van der Waals surface area contributed by atoms with Crippen molar-refractivity contribution < 1.29 is 9.53 Å². The first-order valence-corrected chi connectivity index (χ1v) is 11.4. The lowest BCUT2D eigenvalue weighted by Gasteiger charge is -2.52. The Morgan fingerprint density at radius 2 is 2.10 bits per heavy atom. The molecule has 0 radical (unpaired) electrons. The third-order valence-corrected chi connectivity index (χ3v) is 7.83. The average Bonchev–Trinajstić information content (AvgIpc) is 3.15. The number of esters is 1. The topological polar surface area (TPSA) is 63.0 Å². The number of carbonyl (C=O) groups excluding carboxylic acids is 1. The van der Waals surface area contributed by atoms with Gasteiger partial charge in [-0.3, -0.25) is 9.78 Å². The number of nitrogens with zero attached hydrogens (tertiary/aromatic N) is 2. The van der Waals surface area contributed by atoms with Gasteiger partial charge >= 0.3 is 5.97 Å². The maximum atomic E-state index is 12.1. The molecule has 0 bridgehead atoms. The Morgan fingerprint density at radius 1 is 1.23 bits per heavy atom. The largest absolute Gasteiger partial charge is 0.462 e. The van der Waals surface area contributed by atoms with Gasteiger partial charge < -0.3 is 4.74 Å². The Balaban J connectivity index is 1.40. The highest BCUT2D eigenvalue weighted by molar-refractivity contribution is 5.72. The number of rotatable bonds is 3. The molecule has 2 heterocycles. The number of ether oxygens (including phenoxy) is 1. The predicted octanol–water partition coefficient (Wildman–Crippen LogP) is 5.78. The quantitative estimate of drug-likeness (QED) is 0.599. The first-order chi connectivity index (χ1) is 15.1. The van der Waals surface area contributed by atoms with Crippen molar-refractivity contribution >= 4 is 12.0 Å². The molecule has 0 spiro atoms. The molecule has 5 rings (SSSR count). The van der Waals surface area contributed by atoms with E-state index in [2.05, 4.69) is 30.1 Å². The number of nitriles is 1. The summed E-state index contributed by atoms with van der Waals surface area (Å²) in [6.45, 7) is 2.40. The molecule has 1 aliphatic heterocycles. The predicted molar refractivity (Wildman–Crippen MR) is 120 cm³/mol. The van der Waals surface area contributed by atoms with Gasteiger partial charge in [0.1, 0.15) is 6.10 Å². The third-order valence-electron chi connectivity index (χ3n) is 7.83. The highest BCUT2D eigenvalue weighted by atomic mass is 16.5. The lowest BCUT2D eigenvalue weighted by molar-refractivity contribution is -0.145. The number of benzene rings is 1. The molecule has 31 heavy (non-hydrogen) atoms. The molecule has 1 aromatic carbocycles. The fourth-order valence-corrected chi connectivity index (χ4v) is 6.28. The van der Waals surface area contributed by atoms with Crippen LogP contribution < -0.4 is 0 Å². The van der Waals surface area contributed by atoms with Gasteiger partial charge in [0.05, 0.1) is 23.7 Å². The molecule has 4 heteroatoms. The first kappa shape index (κ1) is 20.0. The van der Waals surface area contributed by atoms with Crippen LogP contribution in [-0.4, -0.2) is 17.1 Å². The summed E-state index contributed by atoms with van der Waals surface area (Å²) in [7, 11) is 0. The molecule has 3 aliphatic rings. The van der Waals surface area contributed by atoms with Gasteiger partial charge in [0.25, 0.3) is 0 Å². The molecule has 1 saturated heterocycles. The van der Waals surface area contributed by atoms with E-state index in [1.54, 1.807) is 0 Å². The van der Waals surface area contributed by atoms with Gasteiger partial charge in [0, 0.05) is 23.2 Å². The summed E-state index contributed by atoms with van der Waals surface area (Å²) in [5.41, 5.74) is 3.67. The molecular formula is C27H28N2O2. The van der Waals surface area contributed by atoms with Gasteiger partial charge in [-0.15, -0.1) is 0 Å². The number of fused-ring (bicyclic) bond motifs is 2. The SMILES string of the molecule is CC12CCCC[C@H]1[C@H](/C=C/c1ccc(-c3ccccc3C#N)cn1)[C@H]1CC(=O)O[C@H]1C2. The fraction of sp³-hybridized carbons (Fsp3) is 0.444. The standard InChI is InChI=1S/C27H28N2O2/c1-27-13-5-4-8-24(27)22(23-14-26(30)31-25(23)15-27)12-11-20-10-9-19(17-29-20)21-7-3-2-6-18(21)16-28/h2-3,6-7,9-12,17,22-25H,4-5,8,13-15H2,1H3/b12-11+/t22-,23-,24+,25+,27?/m1/s1. The van der Waals surface area contributed by atoms with Crippen molar-refractivity contribution in [1.29, 1.82) is 5.26 Å². The minimum atomic E-state index is -0.0331. The van der Waals surface area contributed by atoms with Crippen molar-refractivity contribution in [2.75, 3.05) is 0 Å². The van der Waals surface area contributed by atoms with Crippen LogP contribution in [0.1, 0.15) is 56.7 Å². The van der Waals surface area contributed by atoms with E-state index >= 15 is 0 Å². The molecule has 1 unspecified atom stereocenters. The Hall–Kier alpha value is -2.93. The van der Waals surface area contributed by atoms with Crippen molar-refractivity contribution in [2.45, 2.75) is 51.6 Å². The molecule has 158 valence electrons. The van der Waals surface area contributed by atoms with Crippen LogP contribution >= 0.6 is 0 Å². The number of carbonyl (C=O) groups is 1. The summed E-state index contributed by atoms with van der Waals surface area (Å²) >= 11 is 0. The maximum absolute atomic E-state index is 12.1. The van der Waals surface area contributed by atoms with E-state index in [1.165, 1.54) is 25.7 Å². The summed E-state index contributed by atoms with van der Waals surface area (Å²) in [5, 5.41) is 9.36. The molecule has 0 N–H and O–H groups in total. The molecule has 3 fully saturated rings. The van der Waals surface area contributed by atoms with Crippen LogP contribution in [0.3, 0.4) is 0 Å². The summed E-state index contributed by atoms with van der Waals surface area (Å²) in [6.07, 6.45) is 12.9. The van der Waals surface area contributed by atoms with Crippen LogP contribution in [-0.2, 0) is 9.53 Å². The second-order valence-electron chi connectivity index (χ2n) is 9.67. The van der Waals surface area contributed by atoms with Crippen LogP contribution in [0, 0.1) is 34.5 Å². The van der Waals surface area contributed by atoms with E-state index in [0.717, 1.165) is 23.2 Å². The number of hydrogen-bond acceptors (Lipinski definition) is 4. The first-order valence-electron chi connectivity index (χ1n) is 11.4. The van der Waals surface area contributed by atoms with E-state index in [4.69, 9.17) is 4.74 Å². The smallest absolute Gasteiger partial charge is 0.306 e. The second-order valence-corrected chi connectivity index (χ2v) is 9.67. The Kier molecular flexibility index (Phi) is 5.14. The van der Waals surface area contributed by atoms with Crippen molar-refractivity contribution in [3.8, 4) is 17.2 Å². The van der Waals surface area contributed by atoms with E-state index in [9.17, 15) is 10.1 Å². The lowest BCUT2D eigenvalue weighted by atomic mass is 9.53. The minimum Gasteiger partial charge on any atom is -0.462 e. The number of pyridine rings is 1. The molecular weight excluding hydrogens is 384 g/mol. The van der Waals surface area contributed by atoms with Crippen LogP contribution in [0.5, 0.6) is 0 Å². The van der Waals surface area contributed by atoms with Gasteiger partial charge in [0.2, 0.25) is 0 Å². The van der Waals surface area contributed by atoms with Crippen LogP contribution in [0.15, 0.2) is 48.7 Å². The lowest BCUT2D eigenvalue weighted by Crippen LogP contribution is -2.47. The summed E-state index contributed by atoms with van der Waals surface area (Å²) < 4.78 is 5.73. The average molecular weight is 413 g/mol. The normalized spacial score (nSPS) is 32.2. The molecule has 4 nitrogen and oxygen atoms in total. The monoisotopic (exact) mass is 412 g/mol. The number of aromatic nitrogens is 1. The molecule has 2 aliphatic carbocycles. The van der Waals surface area contributed by atoms with Gasteiger partial charge in [-0.25, -0.2) is 0 Å². The highest BCUT2D eigenvalue weighted by Crippen LogP contribution is 2.57. The Labute approximate surface area is 184 Å². The van der Waals surface area contributed by atoms with E-state index in [-0.39, 0.29) is 17.5 Å². The zero-order valence-electron chi connectivity index (χ0n) is 18.0.